The van der Waals surface area contributed by atoms with E-state index in [4.69, 9.17) is 0 Å². The van der Waals surface area contributed by atoms with Crippen molar-refractivity contribution in [2.75, 3.05) is 6.54 Å². The van der Waals surface area contributed by atoms with Crippen molar-refractivity contribution < 1.29 is 4.39 Å². The van der Waals surface area contributed by atoms with Gasteiger partial charge in [-0.3, -0.25) is 0 Å². The largest absolute Gasteiger partial charge is 0.312 e. The highest BCUT2D eigenvalue weighted by atomic mass is 79.9. The number of rotatable bonds is 4. The van der Waals surface area contributed by atoms with E-state index < -0.39 is 0 Å². The number of halogens is 2. The van der Waals surface area contributed by atoms with Crippen LogP contribution in [0, 0.1) is 11.2 Å². The van der Waals surface area contributed by atoms with Gasteiger partial charge < -0.3 is 5.32 Å². The molecule has 0 bridgehead atoms. The number of benzene rings is 1. The maximum atomic E-state index is 13.2. The van der Waals surface area contributed by atoms with E-state index in [-0.39, 0.29) is 11.4 Å². The summed E-state index contributed by atoms with van der Waals surface area (Å²) in [5.41, 5.74) is 1.78. The van der Waals surface area contributed by atoms with Crippen LogP contribution in [0.15, 0.2) is 22.7 Å². The summed E-state index contributed by atoms with van der Waals surface area (Å²) in [7, 11) is 0. The molecule has 1 aromatic rings. The van der Waals surface area contributed by atoms with E-state index in [1.54, 1.807) is 6.07 Å². The predicted octanol–water partition coefficient (Wildman–Crippen LogP) is 4.30. The van der Waals surface area contributed by atoms with Gasteiger partial charge in [-0.15, -0.1) is 0 Å². The van der Waals surface area contributed by atoms with Gasteiger partial charge in [0.05, 0.1) is 4.47 Å². The van der Waals surface area contributed by atoms with Crippen LogP contribution in [-0.2, 0) is 6.42 Å². The fourth-order valence-electron chi connectivity index (χ4n) is 2.13. The molecule has 1 aromatic carbocycles. The SMILES string of the molecule is CC(C)(C)NCC1(Cc2ccc(F)c(Br)c2)CC1. The molecule has 1 nitrogen and oxygen atoms in total. The molecule has 1 saturated carbocycles. The zero-order valence-electron chi connectivity index (χ0n) is 11.3. The fraction of sp³-hybridized carbons (Fsp3) is 0.600. The minimum atomic E-state index is -0.184. The van der Waals surface area contributed by atoms with Crippen LogP contribution in [0.4, 0.5) is 4.39 Å². The van der Waals surface area contributed by atoms with E-state index in [2.05, 4.69) is 42.0 Å². The number of hydrogen-bond donors (Lipinski definition) is 1. The van der Waals surface area contributed by atoms with Crippen LogP contribution >= 0.6 is 15.9 Å². The maximum absolute atomic E-state index is 13.2. The van der Waals surface area contributed by atoms with Crippen molar-refractivity contribution >= 4 is 15.9 Å². The van der Waals surface area contributed by atoms with Crippen molar-refractivity contribution in [3.63, 3.8) is 0 Å². The molecule has 0 radical (unpaired) electrons. The van der Waals surface area contributed by atoms with E-state index in [1.165, 1.54) is 18.4 Å². The lowest BCUT2D eigenvalue weighted by molar-refractivity contribution is 0.356. The average Bonchev–Trinajstić information content (AvgIpc) is 3.01. The molecule has 0 unspecified atom stereocenters. The van der Waals surface area contributed by atoms with Gasteiger partial charge in [0.2, 0.25) is 0 Å². The Morgan fingerprint density at radius 1 is 1.33 bits per heavy atom. The molecule has 1 fully saturated rings. The van der Waals surface area contributed by atoms with Crippen LogP contribution in [-0.4, -0.2) is 12.1 Å². The van der Waals surface area contributed by atoms with Gasteiger partial charge in [-0.2, -0.15) is 0 Å². The first-order valence-corrected chi connectivity index (χ1v) is 7.28. The smallest absolute Gasteiger partial charge is 0.137 e. The van der Waals surface area contributed by atoms with Gasteiger partial charge in [0.15, 0.2) is 0 Å². The molecular formula is C15H21BrFN. The molecule has 100 valence electrons. The lowest BCUT2D eigenvalue weighted by Crippen LogP contribution is -2.40. The number of nitrogens with one attached hydrogen (secondary N) is 1. The molecule has 0 heterocycles. The second-order valence-electron chi connectivity index (χ2n) is 6.53. The second-order valence-corrected chi connectivity index (χ2v) is 7.38. The van der Waals surface area contributed by atoms with Crippen molar-refractivity contribution in [3.8, 4) is 0 Å². The highest BCUT2D eigenvalue weighted by Gasteiger charge is 2.42. The van der Waals surface area contributed by atoms with Gasteiger partial charge in [-0.1, -0.05) is 6.07 Å². The summed E-state index contributed by atoms with van der Waals surface area (Å²) in [6.45, 7) is 7.62. The molecule has 2 rings (SSSR count). The van der Waals surface area contributed by atoms with E-state index in [1.807, 2.05) is 12.1 Å². The van der Waals surface area contributed by atoms with Gasteiger partial charge in [-0.25, -0.2) is 4.39 Å². The Morgan fingerprint density at radius 2 is 2.00 bits per heavy atom. The zero-order chi connectivity index (χ0) is 13.4. The molecule has 0 aromatic heterocycles. The van der Waals surface area contributed by atoms with Crippen LogP contribution in [0.2, 0.25) is 0 Å². The van der Waals surface area contributed by atoms with Crippen molar-refractivity contribution in [1.82, 2.24) is 5.32 Å². The first kappa shape index (κ1) is 14.0. The van der Waals surface area contributed by atoms with Gasteiger partial charge in [0.1, 0.15) is 5.82 Å². The van der Waals surface area contributed by atoms with E-state index in [0.717, 1.165) is 13.0 Å². The van der Waals surface area contributed by atoms with Crippen LogP contribution in [0.25, 0.3) is 0 Å². The van der Waals surface area contributed by atoms with Crippen LogP contribution in [0.3, 0.4) is 0 Å². The van der Waals surface area contributed by atoms with Crippen LogP contribution < -0.4 is 5.32 Å². The first-order valence-electron chi connectivity index (χ1n) is 6.49. The summed E-state index contributed by atoms with van der Waals surface area (Å²) in [6.07, 6.45) is 3.57. The monoisotopic (exact) mass is 313 g/mol. The second kappa shape index (κ2) is 4.93. The Balaban J connectivity index is 1.98. The Morgan fingerprint density at radius 3 is 2.50 bits per heavy atom. The van der Waals surface area contributed by atoms with Crippen molar-refractivity contribution in [3.05, 3.63) is 34.1 Å². The molecule has 0 spiro atoms. The molecule has 0 atom stereocenters. The third-order valence-electron chi connectivity index (χ3n) is 3.51. The topological polar surface area (TPSA) is 12.0 Å². The van der Waals surface area contributed by atoms with Crippen molar-refractivity contribution in [2.24, 2.45) is 5.41 Å². The normalized spacial score (nSPS) is 17.8. The molecule has 0 aliphatic heterocycles. The van der Waals surface area contributed by atoms with Crippen molar-refractivity contribution in [2.45, 2.75) is 45.6 Å². The minimum Gasteiger partial charge on any atom is -0.312 e. The summed E-state index contributed by atoms with van der Waals surface area (Å²) in [4.78, 5) is 0. The summed E-state index contributed by atoms with van der Waals surface area (Å²) in [5.74, 6) is -0.184. The highest BCUT2D eigenvalue weighted by Crippen LogP contribution is 2.48. The third-order valence-corrected chi connectivity index (χ3v) is 4.12. The van der Waals surface area contributed by atoms with Gasteiger partial charge in [-0.05, 0) is 79.1 Å². The van der Waals surface area contributed by atoms with Crippen LogP contribution in [0.5, 0.6) is 0 Å². The minimum absolute atomic E-state index is 0.166. The lowest BCUT2D eigenvalue weighted by atomic mass is 9.95. The number of hydrogen-bond acceptors (Lipinski definition) is 1. The summed E-state index contributed by atoms with van der Waals surface area (Å²) in [6, 6.07) is 5.36. The summed E-state index contributed by atoms with van der Waals surface area (Å²) < 4.78 is 13.8. The Bertz CT molecular complexity index is 433. The van der Waals surface area contributed by atoms with Crippen LogP contribution in [0.1, 0.15) is 39.2 Å². The van der Waals surface area contributed by atoms with Gasteiger partial charge >= 0.3 is 0 Å². The van der Waals surface area contributed by atoms with E-state index >= 15 is 0 Å². The Kier molecular flexibility index (Phi) is 3.84. The zero-order valence-corrected chi connectivity index (χ0v) is 12.9. The summed E-state index contributed by atoms with van der Waals surface area (Å²) in [5, 5.41) is 3.59. The molecule has 0 amide bonds. The molecule has 0 saturated heterocycles. The fourth-order valence-corrected chi connectivity index (χ4v) is 2.55. The molecule has 1 N–H and O–H groups in total. The Labute approximate surface area is 117 Å². The molecule has 1 aliphatic carbocycles. The quantitative estimate of drug-likeness (QED) is 0.874. The lowest BCUT2D eigenvalue weighted by Gasteiger charge is -2.25. The summed E-state index contributed by atoms with van der Waals surface area (Å²) >= 11 is 3.25. The van der Waals surface area contributed by atoms with E-state index in [0.29, 0.717) is 9.89 Å². The molecule has 3 heteroatoms. The van der Waals surface area contributed by atoms with Crippen molar-refractivity contribution in [1.29, 1.82) is 0 Å². The van der Waals surface area contributed by atoms with E-state index in [9.17, 15) is 4.39 Å². The van der Waals surface area contributed by atoms with Gasteiger partial charge in [0, 0.05) is 12.1 Å². The molecule has 18 heavy (non-hydrogen) atoms. The molecule has 1 aliphatic rings. The highest BCUT2D eigenvalue weighted by molar-refractivity contribution is 9.10. The predicted molar refractivity (Wildman–Crippen MR) is 77.2 cm³/mol. The third kappa shape index (κ3) is 3.79. The molecular weight excluding hydrogens is 293 g/mol. The van der Waals surface area contributed by atoms with Gasteiger partial charge in [0.25, 0.3) is 0 Å². The standard InChI is InChI=1S/C15H21BrFN/c1-14(2,3)18-10-15(6-7-15)9-11-4-5-13(17)12(16)8-11/h4-5,8,18H,6-7,9-10H2,1-3H3. The maximum Gasteiger partial charge on any atom is 0.137 e. The first-order chi connectivity index (χ1) is 8.30. The average molecular weight is 314 g/mol. The Hall–Kier alpha value is -0.410.